The summed E-state index contributed by atoms with van der Waals surface area (Å²) < 4.78 is 0. The topological polar surface area (TPSA) is 33.1 Å². The Morgan fingerprint density at radius 2 is 2.24 bits per heavy atom. The van der Waals surface area contributed by atoms with Crippen molar-refractivity contribution in [1.82, 2.24) is 4.98 Å². The van der Waals surface area contributed by atoms with E-state index >= 15 is 0 Å². The number of nitrogens with zero attached hydrogens (tertiary/aromatic N) is 1. The largest absolute Gasteiger partial charge is 0.387 e. The zero-order chi connectivity index (χ0) is 12.3. The first-order valence-corrected chi connectivity index (χ1v) is 6.80. The van der Waals surface area contributed by atoms with Crippen LogP contribution >= 0.6 is 22.9 Å². The van der Waals surface area contributed by atoms with Crippen molar-refractivity contribution in [2.24, 2.45) is 0 Å². The summed E-state index contributed by atoms with van der Waals surface area (Å²) in [4.78, 5) is 4.98. The third-order valence-electron chi connectivity index (χ3n) is 2.73. The van der Waals surface area contributed by atoms with Gasteiger partial charge in [0.15, 0.2) is 0 Å². The van der Waals surface area contributed by atoms with Gasteiger partial charge in [-0.2, -0.15) is 0 Å². The minimum absolute atomic E-state index is 0.482. The molecular weight excluding hydrogens is 254 g/mol. The molecule has 1 atom stereocenters. The Kier molecular flexibility index (Phi) is 4.15. The number of aliphatic hydroxyl groups is 1. The summed E-state index contributed by atoms with van der Waals surface area (Å²) in [6.07, 6.45) is 4.31. The maximum atomic E-state index is 10.2. The maximum absolute atomic E-state index is 10.2. The lowest BCUT2D eigenvalue weighted by Gasteiger charge is -2.11. The molecule has 17 heavy (non-hydrogen) atoms. The third kappa shape index (κ3) is 2.86. The van der Waals surface area contributed by atoms with Gasteiger partial charge in [0.1, 0.15) is 0 Å². The van der Waals surface area contributed by atoms with Crippen molar-refractivity contribution in [1.29, 1.82) is 0 Å². The van der Waals surface area contributed by atoms with Crippen LogP contribution in [0.4, 0.5) is 0 Å². The average molecular weight is 268 g/mol. The van der Waals surface area contributed by atoms with Crippen molar-refractivity contribution in [3.63, 3.8) is 0 Å². The van der Waals surface area contributed by atoms with Crippen molar-refractivity contribution in [3.05, 3.63) is 50.9 Å². The van der Waals surface area contributed by atoms with Gasteiger partial charge in [-0.1, -0.05) is 18.5 Å². The Morgan fingerprint density at radius 1 is 1.41 bits per heavy atom. The summed E-state index contributed by atoms with van der Waals surface area (Å²) in [5.41, 5.74) is 2.15. The Morgan fingerprint density at radius 3 is 2.94 bits per heavy atom. The second kappa shape index (κ2) is 5.63. The molecule has 0 aromatic carbocycles. The quantitative estimate of drug-likeness (QED) is 0.918. The second-order valence-corrected chi connectivity index (χ2v) is 5.21. The molecule has 0 bridgehead atoms. The molecule has 0 fully saturated rings. The number of pyridine rings is 1. The number of thiophene rings is 1. The van der Waals surface area contributed by atoms with Crippen molar-refractivity contribution < 1.29 is 5.11 Å². The maximum Gasteiger partial charge on any atom is 0.0925 e. The van der Waals surface area contributed by atoms with E-state index in [4.69, 9.17) is 11.6 Å². The molecule has 2 nitrogen and oxygen atoms in total. The average Bonchev–Trinajstić information content (AvgIpc) is 2.80. The molecule has 2 aromatic heterocycles. The minimum Gasteiger partial charge on any atom is -0.387 e. The third-order valence-corrected chi connectivity index (χ3v) is 4.13. The van der Waals surface area contributed by atoms with E-state index in [2.05, 4.69) is 18.0 Å². The van der Waals surface area contributed by atoms with Gasteiger partial charge >= 0.3 is 0 Å². The predicted octanol–water partition coefficient (Wildman–Crippen LogP) is 3.64. The van der Waals surface area contributed by atoms with Crippen LogP contribution < -0.4 is 0 Å². The first-order valence-electron chi connectivity index (χ1n) is 5.55. The van der Waals surface area contributed by atoms with Crippen LogP contribution in [0.25, 0.3) is 0 Å². The molecule has 2 rings (SSSR count). The number of aryl methyl sites for hydroxylation is 1. The van der Waals surface area contributed by atoms with E-state index in [1.807, 2.05) is 11.4 Å². The highest BCUT2D eigenvalue weighted by Crippen LogP contribution is 2.29. The summed E-state index contributed by atoms with van der Waals surface area (Å²) in [5.74, 6) is 0. The lowest BCUT2D eigenvalue weighted by molar-refractivity contribution is 0.181. The molecule has 0 aliphatic rings. The van der Waals surface area contributed by atoms with E-state index in [0.29, 0.717) is 11.4 Å². The van der Waals surface area contributed by atoms with E-state index in [-0.39, 0.29) is 0 Å². The van der Waals surface area contributed by atoms with E-state index < -0.39 is 6.10 Å². The SMILES string of the molecule is CCc1ccsc1C(O)Cc1ccncc1Cl. The standard InChI is InChI=1S/C13H14ClNOS/c1-2-9-4-6-17-13(9)12(16)7-10-3-5-15-8-11(10)14/h3-6,8,12,16H,2,7H2,1H3. The van der Waals surface area contributed by atoms with Gasteiger partial charge in [0.2, 0.25) is 0 Å². The monoisotopic (exact) mass is 267 g/mol. The number of aliphatic hydroxyl groups excluding tert-OH is 1. The van der Waals surface area contributed by atoms with Gasteiger partial charge in [-0.15, -0.1) is 11.3 Å². The number of rotatable bonds is 4. The van der Waals surface area contributed by atoms with Gasteiger partial charge in [0, 0.05) is 23.7 Å². The van der Waals surface area contributed by atoms with Crippen LogP contribution in [0, 0.1) is 0 Å². The van der Waals surface area contributed by atoms with Gasteiger partial charge in [0.05, 0.1) is 11.1 Å². The van der Waals surface area contributed by atoms with Crippen molar-refractivity contribution in [3.8, 4) is 0 Å². The van der Waals surface area contributed by atoms with Crippen molar-refractivity contribution in [2.75, 3.05) is 0 Å². The summed E-state index contributed by atoms with van der Waals surface area (Å²) in [6.45, 7) is 2.09. The highest BCUT2D eigenvalue weighted by Gasteiger charge is 2.15. The molecular formula is C13H14ClNOS. The van der Waals surface area contributed by atoms with Crippen LogP contribution in [0.1, 0.15) is 29.0 Å². The fraction of sp³-hybridized carbons (Fsp3) is 0.308. The number of hydrogen-bond donors (Lipinski definition) is 1. The Balaban J connectivity index is 2.17. The van der Waals surface area contributed by atoms with Gasteiger partial charge in [-0.05, 0) is 35.1 Å². The Bertz CT molecular complexity index is 498. The van der Waals surface area contributed by atoms with Crippen LogP contribution in [0.3, 0.4) is 0 Å². The minimum atomic E-state index is -0.482. The lowest BCUT2D eigenvalue weighted by atomic mass is 10.0. The smallest absolute Gasteiger partial charge is 0.0925 e. The molecule has 4 heteroatoms. The van der Waals surface area contributed by atoms with Crippen molar-refractivity contribution in [2.45, 2.75) is 25.9 Å². The molecule has 0 saturated heterocycles. The summed E-state index contributed by atoms with van der Waals surface area (Å²) in [5, 5.41) is 12.9. The fourth-order valence-electron chi connectivity index (χ4n) is 1.80. The van der Waals surface area contributed by atoms with Gasteiger partial charge in [-0.25, -0.2) is 0 Å². The zero-order valence-electron chi connectivity index (χ0n) is 9.56. The fourth-order valence-corrected chi connectivity index (χ4v) is 2.98. The molecule has 0 saturated carbocycles. The summed E-state index contributed by atoms with van der Waals surface area (Å²) >= 11 is 7.63. The van der Waals surface area contributed by atoms with Gasteiger partial charge in [-0.3, -0.25) is 4.98 Å². The summed E-state index contributed by atoms with van der Waals surface area (Å²) in [6, 6.07) is 3.92. The molecule has 1 N–H and O–H groups in total. The van der Waals surface area contributed by atoms with Crippen molar-refractivity contribution >= 4 is 22.9 Å². The zero-order valence-corrected chi connectivity index (χ0v) is 11.1. The molecule has 0 radical (unpaired) electrons. The van der Waals surface area contributed by atoms with E-state index in [0.717, 1.165) is 16.9 Å². The molecule has 0 amide bonds. The highest BCUT2D eigenvalue weighted by atomic mass is 35.5. The number of aromatic nitrogens is 1. The Hall–Kier alpha value is -0.900. The molecule has 2 aromatic rings. The predicted molar refractivity (Wildman–Crippen MR) is 71.6 cm³/mol. The molecule has 0 spiro atoms. The first kappa shape index (κ1) is 12.6. The molecule has 90 valence electrons. The number of hydrogen-bond acceptors (Lipinski definition) is 3. The van der Waals surface area contributed by atoms with Gasteiger partial charge in [0.25, 0.3) is 0 Å². The molecule has 0 aliphatic heterocycles. The van der Waals surface area contributed by atoms with Crippen LogP contribution in [-0.4, -0.2) is 10.1 Å². The van der Waals surface area contributed by atoms with Crippen LogP contribution in [-0.2, 0) is 12.8 Å². The van der Waals surface area contributed by atoms with E-state index in [9.17, 15) is 5.11 Å². The molecule has 2 heterocycles. The number of halogens is 1. The van der Waals surface area contributed by atoms with E-state index in [1.165, 1.54) is 5.56 Å². The first-order chi connectivity index (χ1) is 8.22. The molecule has 0 aliphatic carbocycles. The highest BCUT2D eigenvalue weighted by molar-refractivity contribution is 7.10. The Labute approximate surface area is 110 Å². The van der Waals surface area contributed by atoms with Crippen LogP contribution in [0.2, 0.25) is 5.02 Å². The van der Waals surface area contributed by atoms with Crippen LogP contribution in [0.15, 0.2) is 29.9 Å². The van der Waals surface area contributed by atoms with Crippen LogP contribution in [0.5, 0.6) is 0 Å². The van der Waals surface area contributed by atoms with Gasteiger partial charge < -0.3 is 5.11 Å². The second-order valence-electron chi connectivity index (χ2n) is 3.85. The normalized spacial score (nSPS) is 12.6. The lowest BCUT2D eigenvalue weighted by Crippen LogP contribution is -2.02. The summed E-state index contributed by atoms with van der Waals surface area (Å²) in [7, 11) is 0. The van der Waals surface area contributed by atoms with E-state index in [1.54, 1.807) is 23.7 Å². The molecule has 1 unspecified atom stereocenters.